The van der Waals surface area contributed by atoms with Crippen LogP contribution in [0.5, 0.6) is 11.5 Å². The van der Waals surface area contributed by atoms with Gasteiger partial charge >= 0.3 is 0 Å². The van der Waals surface area contributed by atoms with E-state index in [-0.39, 0.29) is 55.4 Å². The first-order valence-electron chi connectivity index (χ1n) is 19.9. The molecule has 0 bridgehead atoms. The molecule has 20 heteroatoms. The van der Waals surface area contributed by atoms with Gasteiger partial charge in [-0.25, -0.2) is 0 Å². The molecule has 5 rings (SSSR count). The molecule has 2 atom stereocenters. The molecule has 0 aliphatic carbocycles. The molecular weight excluding hydrogens is 934 g/mol. The number of hydrogen-bond acceptors (Lipinski definition) is 12. The summed E-state index contributed by atoms with van der Waals surface area (Å²) in [6.07, 6.45) is 1.22. The smallest absolute Gasteiger partial charge is 0.258 e. The number of methoxy groups -OCH3 is 2. The minimum atomic E-state index is -1.65. The molecule has 342 valence electrons. The van der Waals surface area contributed by atoms with Crippen molar-refractivity contribution in [1.29, 1.82) is 0 Å². The molecule has 5 aromatic carbocycles. The minimum absolute atomic E-state index is 0.0210. The maximum Gasteiger partial charge on any atom is 0.258 e. The second-order valence-electron chi connectivity index (χ2n) is 14.2. The zero-order chi connectivity index (χ0) is 47.9. The van der Waals surface area contributed by atoms with Crippen LogP contribution >= 0.6 is 46.4 Å². The van der Waals surface area contributed by atoms with E-state index >= 15 is 0 Å². The van der Waals surface area contributed by atoms with Gasteiger partial charge < -0.3 is 30.7 Å². The Balaban J connectivity index is 1.29. The van der Waals surface area contributed by atoms with Crippen LogP contribution in [0.1, 0.15) is 45.7 Å². The van der Waals surface area contributed by atoms with E-state index in [9.17, 15) is 28.8 Å². The molecule has 0 saturated carbocycles. The molecule has 0 radical (unpaired) electrons. The van der Waals surface area contributed by atoms with E-state index in [0.717, 1.165) is 25.0 Å². The van der Waals surface area contributed by atoms with Crippen LogP contribution in [0.25, 0.3) is 0 Å². The highest BCUT2D eigenvalue weighted by Crippen LogP contribution is 2.42. The Hall–Kier alpha value is -6.72. The highest BCUT2D eigenvalue weighted by Gasteiger charge is 2.28. The summed E-state index contributed by atoms with van der Waals surface area (Å²) in [6, 6.07) is 22.3. The van der Waals surface area contributed by atoms with Gasteiger partial charge in [0.25, 0.3) is 23.6 Å². The number of ether oxygens (including phenoxy) is 2. The first-order valence-corrected chi connectivity index (χ1v) is 21.7. The number of carbonyl (C=O) groups is 6. The lowest BCUT2D eigenvalue weighted by Crippen LogP contribution is -2.32. The average Bonchev–Trinajstić information content (AvgIpc) is 3.28. The van der Waals surface area contributed by atoms with Gasteiger partial charge in [-0.3, -0.25) is 28.8 Å². The van der Waals surface area contributed by atoms with Crippen LogP contribution in [-0.2, 0) is 32.0 Å². The van der Waals surface area contributed by atoms with Crippen LogP contribution in [0.3, 0.4) is 0 Å². The highest BCUT2D eigenvalue weighted by atomic mass is 35.5. The first-order chi connectivity index (χ1) is 31.6. The zero-order valence-electron chi connectivity index (χ0n) is 35.8. The van der Waals surface area contributed by atoms with Crippen molar-refractivity contribution < 1.29 is 38.2 Å². The number of ketones is 2. The van der Waals surface area contributed by atoms with Crippen molar-refractivity contribution in [3.63, 3.8) is 0 Å². The van der Waals surface area contributed by atoms with E-state index in [0.29, 0.717) is 36.0 Å². The van der Waals surface area contributed by atoms with Crippen LogP contribution in [0.15, 0.2) is 118 Å². The van der Waals surface area contributed by atoms with E-state index in [1.807, 2.05) is 12.1 Å². The Bertz CT molecular complexity index is 2530. The van der Waals surface area contributed by atoms with Crippen molar-refractivity contribution in [3.8, 4) is 11.5 Å². The first kappa shape index (κ1) is 50.3. The molecule has 5 aromatic rings. The van der Waals surface area contributed by atoms with Crippen LogP contribution in [0.2, 0.25) is 10.0 Å². The van der Waals surface area contributed by atoms with Crippen molar-refractivity contribution in [1.82, 2.24) is 0 Å². The summed E-state index contributed by atoms with van der Waals surface area (Å²) < 4.78 is 11.1. The Morgan fingerprint density at radius 1 is 0.545 bits per heavy atom. The third-order valence-electron chi connectivity index (χ3n) is 9.41. The minimum Gasteiger partial charge on any atom is -0.491 e. The average molecular weight is 977 g/mol. The number of aryl methyl sites for hydroxylation is 2. The lowest BCUT2D eigenvalue weighted by Gasteiger charge is -2.19. The number of carbonyl (C=O) groups excluding carboxylic acids is 6. The maximum absolute atomic E-state index is 13.5. The number of benzene rings is 5. The van der Waals surface area contributed by atoms with Crippen LogP contribution < -0.4 is 30.7 Å². The monoisotopic (exact) mass is 974 g/mol. The second-order valence-corrected chi connectivity index (χ2v) is 15.7. The Labute approximate surface area is 399 Å². The van der Waals surface area contributed by atoms with Crippen LogP contribution in [0.4, 0.5) is 34.1 Å². The van der Waals surface area contributed by atoms with Crippen molar-refractivity contribution in [2.45, 2.75) is 38.8 Å². The Kier molecular flexibility index (Phi) is 18.3. The summed E-state index contributed by atoms with van der Waals surface area (Å²) in [6.45, 7) is 2.30. The van der Waals surface area contributed by atoms with Crippen molar-refractivity contribution in [3.05, 3.63) is 129 Å². The van der Waals surface area contributed by atoms with Gasteiger partial charge in [-0.1, -0.05) is 47.5 Å². The third kappa shape index (κ3) is 13.4. The fourth-order valence-corrected chi connectivity index (χ4v) is 7.02. The number of nitrogens with one attached hydrogen (secondary N) is 4. The third-order valence-corrected chi connectivity index (χ3v) is 10.4. The van der Waals surface area contributed by atoms with Gasteiger partial charge in [-0.15, -0.1) is 23.2 Å². The molecule has 0 heterocycles. The molecule has 66 heavy (non-hydrogen) atoms. The topological polar surface area (TPSA) is 218 Å². The summed E-state index contributed by atoms with van der Waals surface area (Å²) in [5, 5.41) is 27.0. The number of amides is 4. The fraction of sp³-hybridized carbons (Fsp3) is 0.217. The summed E-state index contributed by atoms with van der Waals surface area (Å²) in [7, 11) is 2.55. The summed E-state index contributed by atoms with van der Waals surface area (Å²) in [5.74, 6) is -3.49. The molecule has 0 spiro atoms. The lowest BCUT2D eigenvalue weighted by atomic mass is 10.1. The van der Waals surface area contributed by atoms with Gasteiger partial charge in [-0.05, 0) is 111 Å². The number of halogens is 4. The van der Waals surface area contributed by atoms with Gasteiger partial charge in [0.05, 0.1) is 58.1 Å². The number of anilines is 4. The molecule has 0 fully saturated rings. The molecule has 2 unspecified atom stereocenters. The zero-order valence-corrected chi connectivity index (χ0v) is 38.8. The largest absolute Gasteiger partial charge is 0.491 e. The van der Waals surface area contributed by atoms with Crippen molar-refractivity contribution in [2.75, 3.05) is 47.2 Å². The molecule has 4 amide bonds. The summed E-state index contributed by atoms with van der Waals surface area (Å²) in [5.41, 5.74) is 3.35. The van der Waals surface area contributed by atoms with E-state index < -0.39 is 47.3 Å². The number of hydrogen-bond donors (Lipinski definition) is 4. The number of alkyl halides is 2. The second kappa shape index (κ2) is 24.0. The highest BCUT2D eigenvalue weighted by molar-refractivity contribution is 6.35. The summed E-state index contributed by atoms with van der Waals surface area (Å²) in [4.78, 5) is 78.7. The van der Waals surface area contributed by atoms with Gasteiger partial charge in [0, 0.05) is 23.1 Å². The van der Waals surface area contributed by atoms with Crippen LogP contribution in [-0.4, -0.2) is 73.3 Å². The molecule has 0 aliphatic rings. The van der Waals surface area contributed by atoms with E-state index in [4.69, 9.17) is 55.9 Å². The standard InChI is InChI=1S/C46H42Cl4N8O8/c1-25(59)39(57-55-31-11-13-35(49)33(23-31)43(61)51-29-9-5-7-27(21-29)17-19-47)45(63)53-37-15-16-38(42(66-4)41(37)65-3)54-46(64)40(26(2)60)58-56-32-12-14-36(50)34(24-32)44(62)52-30-10-6-8-28(22-30)18-20-48/h5-16,21-24,39-40H,17-20H2,1-4H3,(H,51,61)(H,52,62)(H,53,63)(H,54,64). The molecule has 0 aliphatic heterocycles. The fourth-order valence-electron chi connectivity index (χ4n) is 6.18. The van der Waals surface area contributed by atoms with E-state index in [1.165, 1.54) is 62.8 Å². The molecule has 0 aromatic heterocycles. The molecular formula is C46H42Cl4N8O8. The van der Waals surface area contributed by atoms with E-state index in [1.54, 1.807) is 36.4 Å². The molecule has 0 saturated heterocycles. The quantitative estimate of drug-likeness (QED) is 0.0333. The number of Topliss-reactive ketones (excluding diaryl/α,β-unsaturated/α-hetero) is 2. The molecule has 4 N–H and O–H groups in total. The number of rotatable bonds is 20. The SMILES string of the molecule is COc1c(NC(=O)C(N=Nc2ccc(Cl)c(C(=O)Nc3cccc(CCCl)c3)c2)C(C)=O)ccc(NC(=O)C(N=Nc2ccc(Cl)c(C(=O)Nc3cccc(CCCl)c3)c2)C(C)=O)c1OC. The lowest BCUT2D eigenvalue weighted by molar-refractivity contribution is -0.127. The predicted molar refractivity (Wildman–Crippen MR) is 255 cm³/mol. The Morgan fingerprint density at radius 2 is 0.939 bits per heavy atom. The maximum atomic E-state index is 13.5. The number of azo groups is 2. The normalized spacial score (nSPS) is 12.0. The van der Waals surface area contributed by atoms with Gasteiger partial charge in [0.2, 0.25) is 12.1 Å². The van der Waals surface area contributed by atoms with Crippen molar-refractivity contribution >= 4 is 116 Å². The van der Waals surface area contributed by atoms with E-state index in [2.05, 4.69) is 41.7 Å². The van der Waals surface area contributed by atoms with Gasteiger partial charge in [-0.2, -0.15) is 20.5 Å². The van der Waals surface area contributed by atoms with Crippen molar-refractivity contribution in [2.24, 2.45) is 20.5 Å². The predicted octanol–water partition coefficient (Wildman–Crippen LogP) is 10.4. The summed E-state index contributed by atoms with van der Waals surface area (Å²) >= 11 is 24.4. The number of nitrogens with zero attached hydrogens (tertiary/aromatic N) is 4. The van der Waals surface area contributed by atoms with Crippen LogP contribution in [0, 0.1) is 0 Å². The van der Waals surface area contributed by atoms with Gasteiger partial charge in [0.15, 0.2) is 23.1 Å². The van der Waals surface area contributed by atoms with Gasteiger partial charge in [0.1, 0.15) is 0 Å². The molecule has 16 nitrogen and oxygen atoms in total. The Morgan fingerprint density at radius 3 is 1.29 bits per heavy atom.